The lowest BCUT2D eigenvalue weighted by Crippen LogP contribution is -2.49. The van der Waals surface area contributed by atoms with Crippen LogP contribution >= 0.6 is 11.3 Å². The Morgan fingerprint density at radius 2 is 1.77 bits per heavy atom. The summed E-state index contributed by atoms with van der Waals surface area (Å²) in [6, 6.07) is 13.4. The highest BCUT2D eigenvalue weighted by molar-refractivity contribution is 7.12. The number of amides is 3. The van der Waals surface area contributed by atoms with Gasteiger partial charge in [0, 0.05) is 24.2 Å². The first-order valence-corrected chi connectivity index (χ1v) is 11.5. The lowest BCUT2D eigenvalue weighted by atomic mass is 10.0. The quantitative estimate of drug-likeness (QED) is 0.337. The van der Waals surface area contributed by atoms with E-state index in [0.29, 0.717) is 16.0 Å². The van der Waals surface area contributed by atoms with E-state index in [1.807, 2.05) is 0 Å². The molecule has 3 amide bonds. The topological polar surface area (TPSA) is 134 Å². The van der Waals surface area contributed by atoms with Gasteiger partial charge in [-0.3, -0.25) is 14.4 Å². The highest BCUT2D eigenvalue weighted by atomic mass is 32.1. The fourth-order valence-corrected chi connectivity index (χ4v) is 3.91. The monoisotopic (exact) mass is 495 g/mol. The van der Waals surface area contributed by atoms with Crippen LogP contribution in [0, 0.1) is 6.92 Å². The van der Waals surface area contributed by atoms with Crippen LogP contribution in [0.2, 0.25) is 0 Å². The van der Waals surface area contributed by atoms with Gasteiger partial charge in [0.2, 0.25) is 0 Å². The zero-order valence-electron chi connectivity index (χ0n) is 19.2. The van der Waals surface area contributed by atoms with Crippen molar-refractivity contribution >= 4 is 35.0 Å². The molecule has 0 aliphatic heterocycles. The van der Waals surface area contributed by atoms with Crippen molar-refractivity contribution in [2.75, 3.05) is 13.7 Å². The molecule has 0 bridgehead atoms. The largest absolute Gasteiger partial charge is 0.508 e. The highest BCUT2D eigenvalue weighted by Gasteiger charge is 2.24. The zero-order valence-corrected chi connectivity index (χ0v) is 20.0. The molecule has 1 atom stereocenters. The van der Waals surface area contributed by atoms with Crippen LogP contribution in [0.1, 0.15) is 41.5 Å². The second kappa shape index (κ2) is 11.8. The predicted octanol–water partition coefficient (Wildman–Crippen LogP) is 2.39. The summed E-state index contributed by atoms with van der Waals surface area (Å²) in [6.45, 7) is 1.75. The number of carbonyl (C=O) groups is 4. The normalized spacial score (nSPS) is 11.3. The molecular formula is C25H25N3O6S. The van der Waals surface area contributed by atoms with E-state index in [1.54, 1.807) is 54.8 Å². The molecule has 1 aromatic heterocycles. The number of aromatic hydroxyl groups is 1. The Bertz CT molecular complexity index is 1230. The summed E-state index contributed by atoms with van der Waals surface area (Å²) in [6.07, 6.45) is 0. The van der Waals surface area contributed by atoms with Gasteiger partial charge in [0.15, 0.2) is 0 Å². The smallest absolute Gasteiger partial charge is 0.330 e. The van der Waals surface area contributed by atoms with Crippen molar-refractivity contribution in [3.8, 4) is 5.75 Å². The number of aryl methyl sites for hydroxylation is 1. The van der Waals surface area contributed by atoms with Crippen LogP contribution in [0.15, 0.2) is 60.0 Å². The number of methoxy groups -OCH3 is 1. The highest BCUT2D eigenvalue weighted by Crippen LogP contribution is 2.14. The average molecular weight is 496 g/mol. The summed E-state index contributed by atoms with van der Waals surface area (Å²) in [5, 5.41) is 19.2. The third-order valence-electron chi connectivity index (χ3n) is 5.10. The second-order valence-electron chi connectivity index (χ2n) is 7.62. The number of ether oxygens (including phenoxy) is 1. The van der Waals surface area contributed by atoms with E-state index < -0.39 is 17.9 Å². The molecule has 0 saturated carbocycles. The third kappa shape index (κ3) is 6.90. The van der Waals surface area contributed by atoms with Gasteiger partial charge in [-0.15, -0.1) is 11.3 Å². The SMILES string of the molecule is COC(=O)[C@H](CNC(=O)c1cccs1)NC(=O)c1ccc(C(=O)NCc2cccc(O)c2)cc1C. The summed E-state index contributed by atoms with van der Waals surface area (Å²) < 4.78 is 4.75. The molecule has 9 nitrogen and oxygen atoms in total. The first-order valence-electron chi connectivity index (χ1n) is 10.7. The van der Waals surface area contributed by atoms with Gasteiger partial charge in [-0.25, -0.2) is 4.79 Å². The molecule has 0 unspecified atom stereocenters. The van der Waals surface area contributed by atoms with Crippen molar-refractivity contribution in [3.05, 3.63) is 87.1 Å². The van der Waals surface area contributed by atoms with Gasteiger partial charge < -0.3 is 25.8 Å². The van der Waals surface area contributed by atoms with Gasteiger partial charge in [0.1, 0.15) is 11.8 Å². The fourth-order valence-electron chi connectivity index (χ4n) is 3.27. The molecule has 0 radical (unpaired) electrons. The van der Waals surface area contributed by atoms with E-state index in [-0.39, 0.29) is 36.2 Å². The van der Waals surface area contributed by atoms with Crippen molar-refractivity contribution in [1.29, 1.82) is 0 Å². The summed E-state index contributed by atoms with van der Waals surface area (Å²) in [5.74, 6) is -1.84. The first kappa shape index (κ1) is 25.4. The zero-order chi connectivity index (χ0) is 25.4. The third-order valence-corrected chi connectivity index (χ3v) is 5.97. The molecule has 0 fully saturated rings. The Morgan fingerprint density at radius 3 is 2.43 bits per heavy atom. The summed E-state index contributed by atoms with van der Waals surface area (Å²) in [4.78, 5) is 50.2. The van der Waals surface area contributed by atoms with Crippen molar-refractivity contribution in [2.24, 2.45) is 0 Å². The number of phenolic OH excluding ortho intramolecular Hbond substituents is 1. The number of phenols is 1. The van der Waals surface area contributed by atoms with E-state index in [0.717, 1.165) is 5.56 Å². The Hall–Kier alpha value is -4.18. The Kier molecular flexibility index (Phi) is 8.58. The number of thiophene rings is 1. The maximum Gasteiger partial charge on any atom is 0.330 e. The summed E-state index contributed by atoms with van der Waals surface area (Å²) in [5.41, 5.74) is 1.89. The molecule has 0 aliphatic carbocycles. The van der Waals surface area contributed by atoms with E-state index in [2.05, 4.69) is 16.0 Å². The van der Waals surface area contributed by atoms with E-state index in [4.69, 9.17) is 4.74 Å². The molecule has 10 heteroatoms. The van der Waals surface area contributed by atoms with Crippen LogP contribution in [0.25, 0.3) is 0 Å². The second-order valence-corrected chi connectivity index (χ2v) is 8.57. The number of rotatable bonds is 9. The Labute approximate surface area is 206 Å². The standard InChI is InChI=1S/C25H25N3O6S/c1-15-11-17(22(30)26-13-16-5-3-6-18(29)12-16)8-9-19(15)23(31)28-20(25(33)34-2)14-27-24(32)21-7-4-10-35-21/h3-12,20,29H,13-14H2,1-2H3,(H,26,30)(H,27,32)(H,28,31)/t20-/m0/s1. The van der Waals surface area contributed by atoms with Crippen molar-refractivity contribution < 1.29 is 29.0 Å². The van der Waals surface area contributed by atoms with Gasteiger partial charge in [-0.05, 0) is 59.8 Å². The maximum absolute atomic E-state index is 12.8. The lowest BCUT2D eigenvalue weighted by Gasteiger charge is -2.18. The molecule has 2 aromatic carbocycles. The molecule has 1 heterocycles. The number of nitrogens with one attached hydrogen (secondary N) is 3. The minimum absolute atomic E-state index is 0.110. The van der Waals surface area contributed by atoms with Gasteiger partial charge in [-0.1, -0.05) is 18.2 Å². The lowest BCUT2D eigenvalue weighted by molar-refractivity contribution is -0.142. The molecule has 35 heavy (non-hydrogen) atoms. The van der Waals surface area contributed by atoms with Crippen LogP contribution in [0.5, 0.6) is 5.75 Å². The molecule has 3 rings (SSSR count). The Balaban J connectivity index is 1.63. The van der Waals surface area contributed by atoms with Crippen LogP contribution < -0.4 is 16.0 Å². The summed E-state index contributed by atoms with van der Waals surface area (Å²) >= 11 is 1.26. The van der Waals surface area contributed by atoms with Crippen LogP contribution in [0.3, 0.4) is 0 Å². The first-order chi connectivity index (χ1) is 16.8. The molecule has 0 spiro atoms. The molecule has 3 aromatic rings. The molecule has 0 aliphatic rings. The average Bonchev–Trinajstić information content (AvgIpc) is 3.39. The van der Waals surface area contributed by atoms with Gasteiger partial charge in [0.05, 0.1) is 12.0 Å². The number of esters is 1. The number of carbonyl (C=O) groups excluding carboxylic acids is 4. The molecule has 4 N–H and O–H groups in total. The van der Waals surface area contributed by atoms with Crippen molar-refractivity contribution in [3.63, 3.8) is 0 Å². The van der Waals surface area contributed by atoms with Crippen molar-refractivity contribution in [2.45, 2.75) is 19.5 Å². The van der Waals surface area contributed by atoms with Crippen LogP contribution in [-0.4, -0.2) is 48.5 Å². The van der Waals surface area contributed by atoms with Crippen LogP contribution in [0.4, 0.5) is 0 Å². The summed E-state index contributed by atoms with van der Waals surface area (Å²) in [7, 11) is 1.19. The fraction of sp³-hybridized carbons (Fsp3) is 0.200. The van der Waals surface area contributed by atoms with Gasteiger partial charge in [0.25, 0.3) is 17.7 Å². The van der Waals surface area contributed by atoms with Gasteiger partial charge >= 0.3 is 5.97 Å². The van der Waals surface area contributed by atoms with E-state index in [9.17, 15) is 24.3 Å². The Morgan fingerprint density at radius 1 is 0.971 bits per heavy atom. The predicted molar refractivity (Wildman–Crippen MR) is 130 cm³/mol. The van der Waals surface area contributed by atoms with E-state index in [1.165, 1.54) is 30.6 Å². The minimum Gasteiger partial charge on any atom is -0.508 e. The molecule has 0 saturated heterocycles. The minimum atomic E-state index is -1.10. The van der Waals surface area contributed by atoms with Crippen LogP contribution in [-0.2, 0) is 16.1 Å². The maximum atomic E-state index is 12.8. The number of benzene rings is 2. The van der Waals surface area contributed by atoms with Crippen molar-refractivity contribution in [1.82, 2.24) is 16.0 Å². The molecular weight excluding hydrogens is 470 g/mol. The number of hydrogen-bond acceptors (Lipinski definition) is 7. The number of hydrogen-bond donors (Lipinski definition) is 4. The van der Waals surface area contributed by atoms with E-state index >= 15 is 0 Å². The van der Waals surface area contributed by atoms with Gasteiger partial charge in [-0.2, -0.15) is 0 Å². The molecule has 182 valence electrons.